The summed E-state index contributed by atoms with van der Waals surface area (Å²) in [5, 5.41) is 18.1. The first-order valence-electron chi connectivity index (χ1n) is 4.25. The lowest BCUT2D eigenvalue weighted by Crippen LogP contribution is -2.13. The van der Waals surface area contributed by atoms with Crippen LogP contribution < -0.4 is 0 Å². The minimum absolute atomic E-state index is 0.164. The second-order valence-electron chi connectivity index (χ2n) is 2.92. The lowest BCUT2D eigenvalue weighted by molar-refractivity contribution is -0.139. The van der Waals surface area contributed by atoms with E-state index in [4.69, 9.17) is 21.8 Å². The summed E-state index contributed by atoms with van der Waals surface area (Å²) >= 11 is 5.85. The number of benzene rings is 1. The van der Waals surface area contributed by atoms with E-state index in [0.717, 1.165) is 0 Å². The summed E-state index contributed by atoms with van der Waals surface area (Å²) in [6.45, 7) is -0.164. The van der Waals surface area contributed by atoms with E-state index in [9.17, 15) is 4.79 Å². The van der Waals surface area contributed by atoms with E-state index >= 15 is 0 Å². The number of carboxylic acids is 1. The van der Waals surface area contributed by atoms with Gasteiger partial charge in [0.1, 0.15) is 0 Å². The van der Waals surface area contributed by atoms with Crippen molar-refractivity contribution in [2.75, 3.05) is 6.61 Å². The fraction of sp³-hybridized carbons (Fsp3) is 0.300. The maximum atomic E-state index is 10.9. The molecule has 1 aromatic carbocycles. The van der Waals surface area contributed by atoms with E-state index in [1.165, 1.54) is 0 Å². The van der Waals surface area contributed by atoms with Crippen LogP contribution in [0.5, 0.6) is 0 Å². The Morgan fingerprint density at radius 2 is 2.07 bits per heavy atom. The van der Waals surface area contributed by atoms with Gasteiger partial charge in [-0.15, -0.1) is 0 Å². The van der Waals surface area contributed by atoms with Gasteiger partial charge in [-0.3, -0.25) is 4.79 Å². The zero-order valence-electron chi connectivity index (χ0n) is 7.48. The number of halogens is 1. The van der Waals surface area contributed by atoms with Gasteiger partial charge in [0.05, 0.1) is 5.92 Å². The Morgan fingerprint density at radius 1 is 1.43 bits per heavy atom. The Balaban J connectivity index is 2.99. The number of carboxylic acid groups (broad SMARTS) is 1. The average Bonchev–Trinajstić information content (AvgIpc) is 2.15. The van der Waals surface area contributed by atoms with Gasteiger partial charge in [-0.05, 0) is 18.1 Å². The van der Waals surface area contributed by atoms with Crippen LogP contribution in [-0.2, 0) is 4.79 Å². The molecular formula is C10H11ClO3. The molecule has 1 aromatic rings. The van der Waals surface area contributed by atoms with Gasteiger partial charge in [0.25, 0.3) is 0 Å². The topological polar surface area (TPSA) is 57.5 Å². The zero-order chi connectivity index (χ0) is 10.6. The average molecular weight is 215 g/mol. The second kappa shape index (κ2) is 4.98. The van der Waals surface area contributed by atoms with E-state index in [1.807, 2.05) is 0 Å². The number of hydrogen-bond donors (Lipinski definition) is 2. The monoisotopic (exact) mass is 214 g/mol. The van der Waals surface area contributed by atoms with Crippen LogP contribution in [0.4, 0.5) is 0 Å². The molecule has 2 N–H and O–H groups in total. The van der Waals surface area contributed by atoms with Gasteiger partial charge in [-0.2, -0.15) is 0 Å². The third kappa shape index (κ3) is 2.47. The summed E-state index contributed by atoms with van der Waals surface area (Å²) in [4.78, 5) is 10.9. The number of rotatable bonds is 4. The number of hydrogen-bond acceptors (Lipinski definition) is 2. The van der Waals surface area contributed by atoms with Crippen LogP contribution in [0.25, 0.3) is 0 Å². The molecule has 1 unspecified atom stereocenters. The number of aliphatic hydroxyl groups is 1. The highest BCUT2D eigenvalue weighted by atomic mass is 35.5. The van der Waals surface area contributed by atoms with Gasteiger partial charge in [-0.25, -0.2) is 0 Å². The van der Waals surface area contributed by atoms with Gasteiger partial charge < -0.3 is 10.2 Å². The van der Waals surface area contributed by atoms with E-state index < -0.39 is 11.9 Å². The summed E-state index contributed by atoms with van der Waals surface area (Å²) in [6, 6.07) is 6.78. The summed E-state index contributed by atoms with van der Waals surface area (Å²) in [7, 11) is 0. The maximum absolute atomic E-state index is 10.9. The molecule has 76 valence electrons. The molecule has 0 bridgehead atoms. The predicted molar refractivity (Wildman–Crippen MR) is 53.5 cm³/mol. The predicted octanol–water partition coefficient (Wildman–Crippen LogP) is 1.89. The maximum Gasteiger partial charge on any atom is 0.311 e. The van der Waals surface area contributed by atoms with Crippen molar-refractivity contribution in [3.05, 3.63) is 34.9 Å². The van der Waals surface area contributed by atoms with Crippen LogP contribution in [0, 0.1) is 0 Å². The molecule has 0 spiro atoms. The fourth-order valence-electron chi connectivity index (χ4n) is 1.30. The Hall–Kier alpha value is -1.06. The van der Waals surface area contributed by atoms with Crippen molar-refractivity contribution < 1.29 is 15.0 Å². The Bertz CT molecular complexity index is 325. The first-order valence-corrected chi connectivity index (χ1v) is 4.62. The second-order valence-corrected chi connectivity index (χ2v) is 3.33. The van der Waals surface area contributed by atoms with Gasteiger partial charge in [0.2, 0.25) is 0 Å². The number of aliphatic carboxylic acids is 1. The molecule has 0 saturated carbocycles. The van der Waals surface area contributed by atoms with Gasteiger partial charge >= 0.3 is 5.97 Å². The molecule has 0 amide bonds. The molecule has 0 saturated heterocycles. The Kier molecular flexibility index (Phi) is 3.92. The molecule has 0 aliphatic carbocycles. The molecule has 1 atom stereocenters. The highest BCUT2D eigenvalue weighted by molar-refractivity contribution is 6.31. The number of aliphatic hydroxyl groups excluding tert-OH is 1. The highest BCUT2D eigenvalue weighted by Crippen LogP contribution is 2.26. The van der Waals surface area contributed by atoms with Gasteiger partial charge in [-0.1, -0.05) is 29.8 Å². The normalized spacial score (nSPS) is 12.4. The molecule has 0 aliphatic rings. The quantitative estimate of drug-likeness (QED) is 0.805. The molecule has 0 heterocycles. The zero-order valence-corrected chi connectivity index (χ0v) is 8.24. The molecule has 0 fully saturated rings. The van der Waals surface area contributed by atoms with Crippen LogP contribution in [0.2, 0.25) is 5.02 Å². The van der Waals surface area contributed by atoms with E-state index in [1.54, 1.807) is 24.3 Å². The van der Waals surface area contributed by atoms with Crippen molar-refractivity contribution in [3.8, 4) is 0 Å². The molecule has 1 rings (SSSR count). The SMILES string of the molecule is O=C(O)C(CCO)c1ccccc1Cl. The Morgan fingerprint density at radius 3 is 2.57 bits per heavy atom. The van der Waals surface area contributed by atoms with Crippen LogP contribution in [0.3, 0.4) is 0 Å². The van der Waals surface area contributed by atoms with Crippen molar-refractivity contribution in [3.63, 3.8) is 0 Å². The van der Waals surface area contributed by atoms with Crippen molar-refractivity contribution in [2.24, 2.45) is 0 Å². The summed E-state index contributed by atoms with van der Waals surface area (Å²) in [5.41, 5.74) is 0.552. The third-order valence-corrected chi connectivity index (χ3v) is 2.34. The number of carbonyl (C=O) groups is 1. The van der Waals surface area contributed by atoms with Crippen LogP contribution >= 0.6 is 11.6 Å². The fourth-order valence-corrected chi connectivity index (χ4v) is 1.57. The van der Waals surface area contributed by atoms with Crippen molar-refractivity contribution in [1.29, 1.82) is 0 Å². The first kappa shape index (κ1) is 11.0. The molecule has 14 heavy (non-hydrogen) atoms. The third-order valence-electron chi connectivity index (χ3n) is 2.00. The first-order chi connectivity index (χ1) is 6.66. The van der Waals surface area contributed by atoms with Crippen LogP contribution in [0.1, 0.15) is 17.9 Å². The molecular weight excluding hydrogens is 204 g/mol. The minimum Gasteiger partial charge on any atom is -0.481 e. The van der Waals surface area contributed by atoms with Crippen molar-refractivity contribution in [1.82, 2.24) is 0 Å². The lowest BCUT2D eigenvalue weighted by atomic mass is 9.96. The van der Waals surface area contributed by atoms with Crippen LogP contribution in [-0.4, -0.2) is 22.8 Å². The molecule has 0 aliphatic heterocycles. The van der Waals surface area contributed by atoms with E-state index in [0.29, 0.717) is 10.6 Å². The Labute approximate surface area is 86.9 Å². The standard InChI is InChI=1S/C10H11ClO3/c11-9-4-2-1-3-7(9)8(5-6-12)10(13)14/h1-4,8,12H,5-6H2,(H,13,14). The summed E-state index contributed by atoms with van der Waals surface area (Å²) in [6.07, 6.45) is 0.180. The smallest absolute Gasteiger partial charge is 0.311 e. The van der Waals surface area contributed by atoms with Crippen molar-refractivity contribution in [2.45, 2.75) is 12.3 Å². The largest absolute Gasteiger partial charge is 0.481 e. The highest BCUT2D eigenvalue weighted by Gasteiger charge is 2.20. The van der Waals surface area contributed by atoms with Gasteiger partial charge in [0, 0.05) is 11.6 Å². The van der Waals surface area contributed by atoms with E-state index in [-0.39, 0.29) is 13.0 Å². The molecule has 3 nitrogen and oxygen atoms in total. The lowest BCUT2D eigenvalue weighted by Gasteiger charge is -2.12. The van der Waals surface area contributed by atoms with E-state index in [2.05, 4.69) is 0 Å². The molecule has 0 radical (unpaired) electrons. The molecule has 4 heteroatoms. The van der Waals surface area contributed by atoms with Crippen LogP contribution in [0.15, 0.2) is 24.3 Å². The van der Waals surface area contributed by atoms with Crippen molar-refractivity contribution >= 4 is 17.6 Å². The summed E-state index contributed by atoms with van der Waals surface area (Å²) < 4.78 is 0. The van der Waals surface area contributed by atoms with Gasteiger partial charge in [0.15, 0.2) is 0 Å². The minimum atomic E-state index is -0.966. The summed E-state index contributed by atoms with van der Waals surface area (Å²) in [5.74, 6) is -1.69. The molecule has 0 aromatic heterocycles.